The molecule has 3 N–H and O–H groups in total. The molecule has 2 aromatic carbocycles. The third-order valence-electron chi connectivity index (χ3n) is 6.52. The van der Waals surface area contributed by atoms with Gasteiger partial charge in [0.15, 0.2) is 5.54 Å². The first-order valence-electron chi connectivity index (χ1n) is 12.2. The first-order valence-corrected chi connectivity index (χ1v) is 12.2. The number of hydrogen-bond acceptors (Lipinski definition) is 7. The molecule has 0 radical (unpaired) electrons. The van der Waals surface area contributed by atoms with Crippen LogP contribution in [0.15, 0.2) is 58.6 Å². The molecule has 1 aliphatic carbocycles. The summed E-state index contributed by atoms with van der Waals surface area (Å²) in [5, 5.41) is 25.6. The highest BCUT2D eigenvalue weighted by Crippen LogP contribution is 2.32. The number of nitrogens with one attached hydrogen (secondary N) is 1. The van der Waals surface area contributed by atoms with Gasteiger partial charge in [0.25, 0.3) is 5.91 Å². The molecule has 1 saturated carbocycles. The predicted molar refractivity (Wildman–Crippen MR) is 134 cm³/mol. The molecule has 4 rings (SSSR count). The lowest BCUT2D eigenvalue weighted by Crippen LogP contribution is -2.52. The average Bonchev–Trinajstić information content (AvgIpc) is 3.33. The summed E-state index contributed by atoms with van der Waals surface area (Å²) in [4.78, 5) is 21.4. The van der Waals surface area contributed by atoms with E-state index in [1.807, 2.05) is 24.3 Å². The van der Waals surface area contributed by atoms with Crippen LogP contribution in [0.4, 0.5) is 5.69 Å². The molecule has 2 aromatic rings. The number of carbonyl (C=O) groups excluding carboxylic acids is 1. The highest BCUT2D eigenvalue weighted by molar-refractivity contribution is 6.00. The van der Waals surface area contributed by atoms with Crippen LogP contribution in [-0.2, 0) is 16.0 Å². The van der Waals surface area contributed by atoms with Crippen molar-refractivity contribution < 1.29 is 24.5 Å². The van der Waals surface area contributed by atoms with Gasteiger partial charge in [-0.05, 0) is 61.0 Å². The molecule has 10 heteroatoms. The number of aliphatic hydroxyl groups is 2. The molecule has 10 nitrogen and oxygen atoms in total. The Morgan fingerprint density at radius 1 is 1.19 bits per heavy atom. The van der Waals surface area contributed by atoms with Gasteiger partial charge in [0.1, 0.15) is 12.4 Å². The number of aliphatic imine (C=N–C) groups is 1. The van der Waals surface area contributed by atoms with Crippen molar-refractivity contribution in [2.45, 2.75) is 56.2 Å². The fraction of sp³-hybridized carbons (Fsp3) is 0.462. The lowest BCUT2D eigenvalue weighted by atomic mass is 9.88. The molecule has 1 amide bonds. The van der Waals surface area contributed by atoms with E-state index in [0.29, 0.717) is 67.2 Å². The number of nitrogens with zero attached hydrogens (tertiary/aromatic N) is 4. The second-order valence-electron chi connectivity index (χ2n) is 9.16. The molecule has 190 valence electrons. The molecule has 1 aliphatic heterocycles. The van der Waals surface area contributed by atoms with E-state index >= 15 is 0 Å². The molecule has 1 heterocycles. The minimum atomic E-state index is -1.23. The number of benzene rings is 2. The molecule has 2 aliphatic rings. The number of amides is 1. The highest BCUT2D eigenvalue weighted by atomic mass is 16.5. The number of rotatable bonds is 10. The van der Waals surface area contributed by atoms with E-state index in [2.05, 4.69) is 15.3 Å². The Hall–Kier alpha value is -3.59. The summed E-state index contributed by atoms with van der Waals surface area (Å²) >= 11 is 0. The van der Waals surface area contributed by atoms with Gasteiger partial charge in [-0.15, -0.1) is 0 Å². The minimum absolute atomic E-state index is 0.0419. The Labute approximate surface area is 209 Å². The lowest BCUT2D eigenvalue weighted by molar-refractivity contribution is -0.127. The van der Waals surface area contributed by atoms with Crippen molar-refractivity contribution in [1.82, 2.24) is 5.32 Å². The first kappa shape index (κ1) is 25.5. The zero-order chi connectivity index (χ0) is 25.4. The largest absolute Gasteiger partial charge is 0.494 e. The molecule has 0 spiro atoms. The Morgan fingerprint density at radius 3 is 2.67 bits per heavy atom. The van der Waals surface area contributed by atoms with E-state index in [1.165, 1.54) is 0 Å². The van der Waals surface area contributed by atoms with Crippen LogP contribution in [0.5, 0.6) is 5.75 Å². The normalized spacial score (nSPS) is 23.2. The van der Waals surface area contributed by atoms with Crippen LogP contribution in [0.3, 0.4) is 0 Å². The maximum Gasteiger partial charge on any atom is 0.252 e. The molecule has 36 heavy (non-hydrogen) atoms. The quantitative estimate of drug-likeness (QED) is 0.200. The van der Waals surface area contributed by atoms with Crippen LogP contribution in [0.1, 0.15) is 43.2 Å². The molecule has 0 bridgehead atoms. The van der Waals surface area contributed by atoms with Crippen LogP contribution in [0, 0.1) is 0 Å². The van der Waals surface area contributed by atoms with Crippen LogP contribution in [-0.4, -0.2) is 59.5 Å². The maximum absolute atomic E-state index is 13.7. The Kier molecular flexibility index (Phi) is 8.43. The summed E-state index contributed by atoms with van der Waals surface area (Å²) in [5.41, 5.74) is 9.60. The monoisotopic (exact) mass is 493 g/mol. The fourth-order valence-corrected chi connectivity index (χ4v) is 4.49. The topological polar surface area (TPSA) is 149 Å². The van der Waals surface area contributed by atoms with Crippen molar-refractivity contribution in [3.63, 3.8) is 0 Å². The molecular formula is C26H31N5O5. The Balaban J connectivity index is 1.60. The SMILES string of the molecule is [N-]=[N+]=Nc1ccccc1C[C@]1(C(=O)NC2CCC(O)CC2)COC(c2ccc(OCCCO)cc2)=N1. The molecule has 1 atom stereocenters. The summed E-state index contributed by atoms with van der Waals surface area (Å²) in [5.74, 6) is 0.767. The third-order valence-corrected chi connectivity index (χ3v) is 6.52. The van der Waals surface area contributed by atoms with Crippen LogP contribution in [0.25, 0.3) is 10.4 Å². The lowest BCUT2D eigenvalue weighted by Gasteiger charge is -2.30. The van der Waals surface area contributed by atoms with E-state index in [4.69, 9.17) is 25.1 Å². The van der Waals surface area contributed by atoms with Gasteiger partial charge in [0, 0.05) is 41.7 Å². The van der Waals surface area contributed by atoms with E-state index in [9.17, 15) is 9.90 Å². The average molecular weight is 494 g/mol. The van der Waals surface area contributed by atoms with Crippen molar-refractivity contribution in [2.75, 3.05) is 19.8 Å². The van der Waals surface area contributed by atoms with E-state index in [0.717, 1.165) is 0 Å². The van der Waals surface area contributed by atoms with Gasteiger partial charge in [-0.1, -0.05) is 29.4 Å². The Bertz CT molecular complexity index is 1120. The predicted octanol–water partition coefficient (Wildman–Crippen LogP) is 3.57. The van der Waals surface area contributed by atoms with E-state index in [1.54, 1.807) is 24.3 Å². The van der Waals surface area contributed by atoms with Crippen molar-refractivity contribution in [1.29, 1.82) is 0 Å². The summed E-state index contributed by atoms with van der Waals surface area (Å²) in [7, 11) is 0. The van der Waals surface area contributed by atoms with Gasteiger partial charge in [-0.2, -0.15) is 0 Å². The van der Waals surface area contributed by atoms with E-state index < -0.39 is 5.54 Å². The second kappa shape index (κ2) is 11.9. The van der Waals surface area contributed by atoms with Gasteiger partial charge in [0.2, 0.25) is 5.90 Å². The molecule has 1 fully saturated rings. The standard InChI is InChI=1S/C26H31N5O5/c27-31-30-23-5-2-1-4-19(23)16-26(25(34)28-20-8-10-21(33)11-9-20)17-36-24(29-26)18-6-12-22(13-7-18)35-15-3-14-32/h1-2,4-7,12-13,20-21,32-33H,3,8-11,14-17H2,(H,28,34)/t20?,21?,26-/m1/s1. The van der Waals surface area contributed by atoms with Gasteiger partial charge >= 0.3 is 0 Å². The number of hydrogen-bond donors (Lipinski definition) is 3. The van der Waals surface area contributed by atoms with Crippen LogP contribution >= 0.6 is 0 Å². The molecule has 0 unspecified atom stereocenters. The van der Waals surface area contributed by atoms with Gasteiger partial charge in [0.05, 0.1) is 12.7 Å². The highest BCUT2D eigenvalue weighted by Gasteiger charge is 2.45. The number of carbonyl (C=O) groups is 1. The summed E-state index contributed by atoms with van der Waals surface area (Å²) < 4.78 is 11.6. The number of ether oxygens (including phenoxy) is 2. The second-order valence-corrected chi connectivity index (χ2v) is 9.16. The third kappa shape index (κ3) is 6.15. The summed E-state index contributed by atoms with van der Waals surface area (Å²) in [6.07, 6.45) is 3.13. The van der Waals surface area contributed by atoms with E-state index in [-0.39, 0.29) is 37.7 Å². The van der Waals surface area contributed by atoms with Crippen molar-refractivity contribution in [3.05, 3.63) is 70.1 Å². The molecule has 0 saturated heterocycles. The van der Waals surface area contributed by atoms with Crippen molar-refractivity contribution in [3.8, 4) is 5.75 Å². The van der Waals surface area contributed by atoms with Gasteiger partial charge in [-0.3, -0.25) is 4.79 Å². The number of azide groups is 1. The molecule has 0 aromatic heterocycles. The minimum Gasteiger partial charge on any atom is -0.494 e. The van der Waals surface area contributed by atoms with Crippen molar-refractivity contribution in [2.24, 2.45) is 10.1 Å². The van der Waals surface area contributed by atoms with Crippen LogP contribution < -0.4 is 10.1 Å². The zero-order valence-electron chi connectivity index (χ0n) is 20.0. The van der Waals surface area contributed by atoms with Crippen molar-refractivity contribution >= 4 is 17.5 Å². The maximum atomic E-state index is 13.7. The fourth-order valence-electron chi connectivity index (χ4n) is 4.49. The van der Waals surface area contributed by atoms with Gasteiger partial charge in [-0.25, -0.2) is 4.99 Å². The number of aliphatic hydroxyl groups excluding tert-OH is 2. The van der Waals surface area contributed by atoms with Gasteiger partial charge < -0.3 is 25.0 Å². The Morgan fingerprint density at radius 2 is 1.94 bits per heavy atom. The first-order chi connectivity index (χ1) is 17.5. The summed E-state index contributed by atoms with van der Waals surface area (Å²) in [6, 6.07) is 14.3. The summed E-state index contributed by atoms with van der Waals surface area (Å²) in [6.45, 7) is 0.527. The van der Waals surface area contributed by atoms with Crippen LogP contribution in [0.2, 0.25) is 0 Å². The zero-order valence-corrected chi connectivity index (χ0v) is 20.0. The molecular weight excluding hydrogens is 462 g/mol. The smallest absolute Gasteiger partial charge is 0.252 e.